The molecule has 215 valence electrons. The summed E-state index contributed by atoms with van der Waals surface area (Å²) in [5, 5.41) is 3.47. The van der Waals surface area contributed by atoms with Gasteiger partial charge in [0, 0.05) is 44.7 Å². The topological polar surface area (TPSA) is 65.0 Å². The standard InChI is InChI=1S/C18H18N2O.C18H16N2O.B.Na.H/c2*1-11-7-15-16(8-12(11)2)19-10-14-9-13-5-3-4-6-17(13)20(14)18(15)21;;;/h3-8,14,19H,9-10H2,1-2H3;3-8,10,14H,9H2,1-2H3;;;/q;;;+1;-1/t2*14-;;;/m00.../s1. The summed E-state index contributed by atoms with van der Waals surface area (Å²) < 4.78 is 0. The maximum absolute atomic E-state index is 13.0. The molecular formula is C36H35BN4NaO2. The van der Waals surface area contributed by atoms with Gasteiger partial charge in [0.2, 0.25) is 0 Å². The van der Waals surface area contributed by atoms with Gasteiger partial charge in [-0.25, -0.2) is 0 Å². The molecule has 8 rings (SSSR count). The normalized spacial score (nSPS) is 18.4. The molecule has 4 aliphatic rings. The fraction of sp³-hybridized carbons (Fsp3) is 0.250. The van der Waals surface area contributed by atoms with Crippen molar-refractivity contribution in [3.63, 3.8) is 0 Å². The van der Waals surface area contributed by atoms with E-state index in [9.17, 15) is 9.59 Å². The number of aliphatic imine (C=N–C) groups is 1. The van der Waals surface area contributed by atoms with Gasteiger partial charge in [-0.3, -0.25) is 19.5 Å². The van der Waals surface area contributed by atoms with Crippen molar-refractivity contribution in [2.75, 3.05) is 21.7 Å². The van der Waals surface area contributed by atoms with Crippen molar-refractivity contribution >= 4 is 49.2 Å². The molecular weight excluding hydrogens is 554 g/mol. The first-order valence-electron chi connectivity index (χ1n) is 14.6. The SMILES string of the molecule is Cc1cc2c(cc1C)C(=O)N1c3ccccc3C[C@H]1C=N2.Cc1cc2c(cc1C)C(=O)N1c3ccccc3C[C@H]1CN2.[B].[H-].[Na+]. The van der Waals surface area contributed by atoms with E-state index in [1.54, 1.807) is 0 Å². The summed E-state index contributed by atoms with van der Waals surface area (Å²) in [4.78, 5) is 34.5. The van der Waals surface area contributed by atoms with Crippen LogP contribution in [-0.4, -0.2) is 45.1 Å². The summed E-state index contributed by atoms with van der Waals surface area (Å²) in [6.45, 7) is 9.03. The average Bonchev–Trinajstić information content (AvgIpc) is 3.48. The Balaban J connectivity index is 0.000000192. The smallest absolute Gasteiger partial charge is 1.00 e. The number of rotatable bonds is 0. The number of nitrogens with zero attached hydrogens (tertiary/aromatic N) is 3. The zero-order chi connectivity index (χ0) is 29.1. The van der Waals surface area contributed by atoms with Crippen molar-refractivity contribution in [1.29, 1.82) is 0 Å². The van der Waals surface area contributed by atoms with Gasteiger partial charge in [-0.2, -0.15) is 0 Å². The summed E-state index contributed by atoms with van der Waals surface area (Å²) in [5.41, 5.74) is 12.5. The molecule has 1 N–H and O–H groups in total. The quantitative estimate of drug-likeness (QED) is 0.319. The van der Waals surface area contributed by atoms with E-state index in [1.165, 1.54) is 22.3 Å². The number of hydrogen-bond donors (Lipinski definition) is 1. The molecule has 44 heavy (non-hydrogen) atoms. The first kappa shape index (κ1) is 31.8. The van der Waals surface area contributed by atoms with Crippen LogP contribution in [0.5, 0.6) is 0 Å². The molecule has 0 saturated carbocycles. The second-order valence-corrected chi connectivity index (χ2v) is 11.8. The van der Waals surface area contributed by atoms with Gasteiger partial charge in [0.05, 0.1) is 28.9 Å². The minimum atomic E-state index is 0. The first-order chi connectivity index (χ1) is 20.3. The number of fused-ring (bicyclic) bond motifs is 8. The Morgan fingerprint density at radius 3 is 1.98 bits per heavy atom. The van der Waals surface area contributed by atoms with Crippen molar-refractivity contribution in [2.45, 2.75) is 52.6 Å². The van der Waals surface area contributed by atoms with Crippen LogP contribution < -0.4 is 44.7 Å². The molecule has 2 amide bonds. The summed E-state index contributed by atoms with van der Waals surface area (Å²) in [6, 6.07) is 24.7. The number of carbonyl (C=O) groups excluding carboxylic acids is 2. The minimum absolute atomic E-state index is 0. The third kappa shape index (κ3) is 5.31. The Bertz CT molecular complexity index is 1830. The number of hydrogen-bond acceptors (Lipinski definition) is 4. The van der Waals surface area contributed by atoms with Crippen molar-refractivity contribution in [1.82, 2.24) is 0 Å². The molecule has 4 aliphatic heterocycles. The van der Waals surface area contributed by atoms with Crippen molar-refractivity contribution in [2.24, 2.45) is 4.99 Å². The van der Waals surface area contributed by atoms with Gasteiger partial charge in [0.1, 0.15) is 0 Å². The molecule has 2 atom stereocenters. The van der Waals surface area contributed by atoms with E-state index in [-0.39, 0.29) is 63.3 Å². The number of nitrogens with one attached hydrogen (secondary N) is 1. The molecule has 8 heteroatoms. The van der Waals surface area contributed by atoms with E-state index in [0.29, 0.717) is 5.56 Å². The van der Waals surface area contributed by atoms with Gasteiger partial charge in [-0.15, -0.1) is 0 Å². The molecule has 4 aromatic rings. The van der Waals surface area contributed by atoms with Gasteiger partial charge in [-0.1, -0.05) is 36.4 Å². The Kier molecular flexibility index (Phi) is 8.95. The number of amides is 2. The van der Waals surface area contributed by atoms with Crippen molar-refractivity contribution in [3.8, 4) is 0 Å². The van der Waals surface area contributed by atoms with Crippen LogP contribution in [0.1, 0.15) is 55.5 Å². The Morgan fingerprint density at radius 2 is 1.27 bits per heavy atom. The van der Waals surface area contributed by atoms with Gasteiger partial charge in [0.15, 0.2) is 0 Å². The molecule has 0 bridgehead atoms. The molecule has 6 nitrogen and oxygen atoms in total. The largest absolute Gasteiger partial charge is 1.00 e. The maximum Gasteiger partial charge on any atom is 1.00 e. The van der Waals surface area contributed by atoms with Crippen LogP contribution in [0.2, 0.25) is 0 Å². The zero-order valence-electron chi connectivity index (χ0n) is 27.0. The number of anilines is 3. The van der Waals surface area contributed by atoms with E-state index in [0.717, 1.165) is 58.8 Å². The number of para-hydroxylation sites is 2. The van der Waals surface area contributed by atoms with Crippen LogP contribution >= 0.6 is 0 Å². The van der Waals surface area contributed by atoms with E-state index in [2.05, 4.69) is 55.3 Å². The molecule has 3 radical (unpaired) electrons. The van der Waals surface area contributed by atoms with Crippen molar-refractivity contribution < 1.29 is 40.6 Å². The average molecular weight is 590 g/mol. The van der Waals surface area contributed by atoms with Crippen LogP contribution in [0, 0.1) is 27.7 Å². The van der Waals surface area contributed by atoms with Crippen LogP contribution in [-0.2, 0) is 12.8 Å². The molecule has 0 fully saturated rings. The third-order valence-electron chi connectivity index (χ3n) is 9.14. The number of aryl methyl sites for hydroxylation is 4. The van der Waals surface area contributed by atoms with Gasteiger partial charge >= 0.3 is 29.6 Å². The second kappa shape index (κ2) is 12.4. The number of benzene rings is 4. The van der Waals surface area contributed by atoms with Crippen LogP contribution in [0.25, 0.3) is 0 Å². The summed E-state index contributed by atoms with van der Waals surface area (Å²) in [7, 11) is 0. The molecule has 0 spiro atoms. The third-order valence-corrected chi connectivity index (χ3v) is 9.14. The first-order valence-corrected chi connectivity index (χ1v) is 14.6. The summed E-state index contributed by atoms with van der Waals surface area (Å²) >= 11 is 0. The van der Waals surface area contributed by atoms with Crippen LogP contribution in [0.15, 0.2) is 77.8 Å². The predicted molar refractivity (Wildman–Crippen MR) is 177 cm³/mol. The van der Waals surface area contributed by atoms with Crippen LogP contribution in [0.4, 0.5) is 22.7 Å². The molecule has 4 aromatic carbocycles. The van der Waals surface area contributed by atoms with Crippen molar-refractivity contribution in [3.05, 3.63) is 117 Å². The van der Waals surface area contributed by atoms with Gasteiger partial charge in [-0.05, 0) is 104 Å². The maximum atomic E-state index is 13.0. The van der Waals surface area contributed by atoms with E-state index < -0.39 is 0 Å². The van der Waals surface area contributed by atoms with Gasteiger partial charge < -0.3 is 11.6 Å². The Labute approximate surface area is 284 Å². The summed E-state index contributed by atoms with van der Waals surface area (Å²) in [5.74, 6) is 0.175. The van der Waals surface area contributed by atoms with Crippen LogP contribution in [0.3, 0.4) is 0 Å². The zero-order valence-corrected chi connectivity index (χ0v) is 28.0. The number of carbonyl (C=O) groups is 2. The monoisotopic (exact) mass is 589 g/mol. The Morgan fingerprint density at radius 1 is 0.727 bits per heavy atom. The molecule has 0 unspecified atom stereocenters. The van der Waals surface area contributed by atoms with E-state index in [1.807, 2.05) is 71.5 Å². The molecule has 4 heterocycles. The molecule has 0 saturated heterocycles. The van der Waals surface area contributed by atoms with E-state index >= 15 is 0 Å². The van der Waals surface area contributed by atoms with E-state index in [4.69, 9.17) is 0 Å². The molecule has 0 aliphatic carbocycles. The minimum Gasteiger partial charge on any atom is -1.00 e. The molecule has 0 aromatic heterocycles. The predicted octanol–water partition coefficient (Wildman–Crippen LogP) is 3.63. The summed E-state index contributed by atoms with van der Waals surface area (Å²) in [6.07, 6.45) is 3.69. The van der Waals surface area contributed by atoms with Gasteiger partial charge in [0.25, 0.3) is 11.8 Å². The second-order valence-electron chi connectivity index (χ2n) is 11.8. The fourth-order valence-electron chi connectivity index (χ4n) is 6.56. The fourth-order valence-corrected chi connectivity index (χ4v) is 6.56. The Hall–Kier alpha value is -3.65.